The van der Waals surface area contributed by atoms with Gasteiger partial charge in [-0.1, -0.05) is 24.3 Å². The number of nitrogens with two attached hydrogens (primary N) is 1. The third-order valence-electron chi connectivity index (χ3n) is 2.98. The minimum atomic E-state index is -0.262. The van der Waals surface area contributed by atoms with Gasteiger partial charge < -0.3 is 10.2 Å². The molecule has 0 amide bonds. The second-order valence-electron chi connectivity index (χ2n) is 4.15. The molecule has 90 valence electrons. The molecule has 0 aliphatic heterocycles. The average molecular weight is 241 g/mol. The average Bonchev–Trinajstić information content (AvgIpc) is 2.81. The van der Waals surface area contributed by atoms with Crippen molar-refractivity contribution >= 4 is 11.0 Å². The Kier molecular flexibility index (Phi) is 2.61. The topological polar surface area (TPSA) is 39.2 Å². The van der Waals surface area contributed by atoms with Gasteiger partial charge in [0.25, 0.3) is 0 Å². The van der Waals surface area contributed by atoms with Gasteiger partial charge in [0.1, 0.15) is 17.2 Å². The molecule has 0 fully saturated rings. The van der Waals surface area contributed by atoms with Crippen molar-refractivity contribution in [3.63, 3.8) is 0 Å². The summed E-state index contributed by atoms with van der Waals surface area (Å²) in [5, 5.41) is 0.761. The van der Waals surface area contributed by atoms with Gasteiger partial charge in [-0.2, -0.15) is 0 Å². The number of hydrogen-bond acceptors (Lipinski definition) is 2. The van der Waals surface area contributed by atoms with E-state index in [1.54, 1.807) is 6.07 Å². The molecule has 0 radical (unpaired) electrons. The fourth-order valence-electron chi connectivity index (χ4n) is 2.09. The van der Waals surface area contributed by atoms with Crippen LogP contribution in [-0.2, 0) is 6.54 Å². The fraction of sp³-hybridized carbons (Fsp3) is 0.0667. The van der Waals surface area contributed by atoms with Gasteiger partial charge in [0, 0.05) is 17.5 Å². The molecule has 2 N–H and O–H groups in total. The number of halogens is 1. The van der Waals surface area contributed by atoms with Crippen LogP contribution in [0.3, 0.4) is 0 Å². The van der Waals surface area contributed by atoms with E-state index in [1.807, 2.05) is 30.3 Å². The molecule has 0 spiro atoms. The second kappa shape index (κ2) is 4.27. The maximum Gasteiger partial charge on any atom is 0.135 e. The Morgan fingerprint density at radius 1 is 1.06 bits per heavy atom. The van der Waals surface area contributed by atoms with Gasteiger partial charge in [-0.15, -0.1) is 0 Å². The highest BCUT2D eigenvalue weighted by molar-refractivity contribution is 5.83. The first kappa shape index (κ1) is 11.0. The first-order valence-electron chi connectivity index (χ1n) is 5.75. The van der Waals surface area contributed by atoms with Gasteiger partial charge in [-0.3, -0.25) is 0 Å². The first-order chi connectivity index (χ1) is 8.78. The van der Waals surface area contributed by atoms with E-state index in [-0.39, 0.29) is 5.82 Å². The Balaban J connectivity index is 2.19. The molecule has 2 nitrogen and oxygen atoms in total. The SMILES string of the molecule is NCc1ccccc1-c1cc2cc(F)ccc2o1. The summed E-state index contributed by atoms with van der Waals surface area (Å²) in [6.07, 6.45) is 0. The quantitative estimate of drug-likeness (QED) is 0.743. The van der Waals surface area contributed by atoms with Crippen molar-refractivity contribution in [3.8, 4) is 11.3 Å². The molecule has 2 aromatic carbocycles. The first-order valence-corrected chi connectivity index (χ1v) is 5.75. The normalized spacial score (nSPS) is 11.0. The van der Waals surface area contributed by atoms with Gasteiger partial charge in [0.05, 0.1) is 0 Å². The van der Waals surface area contributed by atoms with Gasteiger partial charge >= 0.3 is 0 Å². The smallest absolute Gasteiger partial charge is 0.135 e. The van der Waals surface area contributed by atoms with Crippen LogP contribution < -0.4 is 5.73 Å². The molecule has 1 aromatic heterocycles. The molecule has 0 unspecified atom stereocenters. The van der Waals surface area contributed by atoms with Crippen LogP contribution in [0.25, 0.3) is 22.3 Å². The fourth-order valence-corrected chi connectivity index (χ4v) is 2.09. The van der Waals surface area contributed by atoms with Crippen molar-refractivity contribution < 1.29 is 8.81 Å². The van der Waals surface area contributed by atoms with E-state index in [9.17, 15) is 4.39 Å². The molecule has 3 rings (SSSR count). The molecule has 3 aromatic rings. The molecule has 1 heterocycles. The van der Waals surface area contributed by atoms with Crippen LogP contribution in [0.5, 0.6) is 0 Å². The van der Waals surface area contributed by atoms with Crippen molar-refractivity contribution in [2.24, 2.45) is 5.73 Å². The summed E-state index contributed by atoms with van der Waals surface area (Å²) in [6, 6.07) is 14.1. The van der Waals surface area contributed by atoms with E-state index in [0.717, 1.165) is 22.3 Å². The molecular formula is C15H12FNO. The van der Waals surface area contributed by atoms with E-state index in [2.05, 4.69) is 0 Å². The number of hydrogen-bond donors (Lipinski definition) is 1. The van der Waals surface area contributed by atoms with E-state index in [0.29, 0.717) is 12.1 Å². The molecule has 0 aliphatic rings. The molecule has 0 aliphatic carbocycles. The summed E-state index contributed by atoms with van der Waals surface area (Å²) >= 11 is 0. The zero-order valence-corrected chi connectivity index (χ0v) is 9.69. The minimum absolute atomic E-state index is 0.262. The predicted octanol–water partition coefficient (Wildman–Crippen LogP) is 3.70. The molecular weight excluding hydrogens is 229 g/mol. The summed E-state index contributed by atoms with van der Waals surface area (Å²) in [7, 11) is 0. The van der Waals surface area contributed by atoms with E-state index in [1.165, 1.54) is 12.1 Å². The lowest BCUT2D eigenvalue weighted by Gasteiger charge is -2.03. The lowest BCUT2D eigenvalue weighted by molar-refractivity contribution is 0.618. The van der Waals surface area contributed by atoms with Gasteiger partial charge in [0.15, 0.2) is 0 Å². The lowest BCUT2D eigenvalue weighted by Crippen LogP contribution is -1.97. The zero-order chi connectivity index (χ0) is 12.5. The molecule has 0 saturated carbocycles. The van der Waals surface area contributed by atoms with Crippen LogP contribution in [0.2, 0.25) is 0 Å². The predicted molar refractivity (Wildman–Crippen MR) is 69.5 cm³/mol. The maximum absolute atomic E-state index is 13.1. The van der Waals surface area contributed by atoms with Crippen LogP contribution >= 0.6 is 0 Å². The summed E-state index contributed by atoms with van der Waals surface area (Å²) in [5.41, 5.74) is 8.35. The van der Waals surface area contributed by atoms with Gasteiger partial charge in [-0.25, -0.2) is 4.39 Å². The highest BCUT2D eigenvalue weighted by Gasteiger charge is 2.09. The van der Waals surface area contributed by atoms with E-state index < -0.39 is 0 Å². The largest absolute Gasteiger partial charge is 0.456 e. The Morgan fingerprint density at radius 3 is 2.72 bits per heavy atom. The van der Waals surface area contributed by atoms with Crippen LogP contribution in [0, 0.1) is 5.82 Å². The van der Waals surface area contributed by atoms with Crippen LogP contribution in [0.15, 0.2) is 52.9 Å². The monoisotopic (exact) mass is 241 g/mol. The van der Waals surface area contributed by atoms with Gasteiger partial charge in [0.2, 0.25) is 0 Å². The standard InChI is InChI=1S/C15H12FNO/c16-12-5-6-14-11(7-12)8-15(18-14)13-4-2-1-3-10(13)9-17/h1-8H,9,17H2. The Labute approximate surface area is 104 Å². The molecule has 3 heteroatoms. The molecule has 0 saturated heterocycles. The Morgan fingerprint density at radius 2 is 1.89 bits per heavy atom. The summed E-state index contributed by atoms with van der Waals surface area (Å²) in [5.74, 6) is 0.457. The van der Waals surface area contributed by atoms with Gasteiger partial charge in [-0.05, 0) is 29.8 Å². The van der Waals surface area contributed by atoms with Crippen LogP contribution in [0.1, 0.15) is 5.56 Å². The Hall–Kier alpha value is -2.13. The Bertz CT molecular complexity index is 703. The van der Waals surface area contributed by atoms with E-state index >= 15 is 0 Å². The number of fused-ring (bicyclic) bond motifs is 1. The maximum atomic E-state index is 13.1. The highest BCUT2D eigenvalue weighted by Crippen LogP contribution is 2.30. The highest BCUT2D eigenvalue weighted by atomic mass is 19.1. The molecule has 0 bridgehead atoms. The second-order valence-corrected chi connectivity index (χ2v) is 4.15. The number of furan rings is 1. The summed E-state index contributed by atoms with van der Waals surface area (Å²) in [6.45, 7) is 0.446. The summed E-state index contributed by atoms with van der Waals surface area (Å²) < 4.78 is 18.9. The lowest BCUT2D eigenvalue weighted by atomic mass is 10.1. The van der Waals surface area contributed by atoms with E-state index in [4.69, 9.17) is 10.2 Å². The van der Waals surface area contributed by atoms with Crippen molar-refractivity contribution in [1.82, 2.24) is 0 Å². The van der Waals surface area contributed by atoms with Crippen LogP contribution in [0.4, 0.5) is 4.39 Å². The third-order valence-corrected chi connectivity index (χ3v) is 2.98. The zero-order valence-electron chi connectivity index (χ0n) is 9.69. The van der Waals surface area contributed by atoms with Crippen molar-refractivity contribution in [1.29, 1.82) is 0 Å². The number of rotatable bonds is 2. The van der Waals surface area contributed by atoms with Crippen LogP contribution in [-0.4, -0.2) is 0 Å². The number of benzene rings is 2. The molecule has 0 atom stereocenters. The minimum Gasteiger partial charge on any atom is -0.456 e. The third kappa shape index (κ3) is 1.79. The molecule has 18 heavy (non-hydrogen) atoms. The summed E-state index contributed by atoms with van der Waals surface area (Å²) in [4.78, 5) is 0. The van der Waals surface area contributed by atoms with Crippen molar-refractivity contribution in [2.75, 3.05) is 0 Å². The van der Waals surface area contributed by atoms with Crippen molar-refractivity contribution in [2.45, 2.75) is 6.54 Å². The van der Waals surface area contributed by atoms with Crippen molar-refractivity contribution in [3.05, 3.63) is 59.9 Å².